The molecule has 1 fully saturated rings. The van der Waals surface area contributed by atoms with Crippen LogP contribution >= 0.6 is 0 Å². The largest absolute Gasteiger partial charge is 0.497 e. The standard InChI is InChI=1S/C21H21N3O5S/c1-29-14-8-10-15(11-9-14)30(27,28)23-18-13-22-20(17-6-3-2-5-16(17)18)24-12-4-7-19(24)21(25)26/h2-3,5-6,8-11,13,19,23H,4,7,12H2,1H3,(H,25,26)/t19-/m1/s1. The molecule has 1 atom stereocenters. The number of carbonyl (C=O) groups is 1. The number of carboxylic acid groups (broad SMARTS) is 1. The first-order valence-electron chi connectivity index (χ1n) is 9.45. The van der Waals surface area contributed by atoms with Crippen LogP contribution in [-0.2, 0) is 14.8 Å². The minimum atomic E-state index is -3.84. The number of pyridine rings is 1. The average molecular weight is 427 g/mol. The molecule has 0 aliphatic carbocycles. The molecule has 0 amide bonds. The van der Waals surface area contributed by atoms with Crippen LogP contribution in [0.2, 0.25) is 0 Å². The van der Waals surface area contributed by atoms with Crippen LogP contribution in [0.1, 0.15) is 12.8 Å². The zero-order valence-corrected chi connectivity index (χ0v) is 17.1. The van der Waals surface area contributed by atoms with Crippen LogP contribution in [0.3, 0.4) is 0 Å². The number of methoxy groups -OCH3 is 1. The molecule has 3 aromatic rings. The molecule has 2 aromatic carbocycles. The van der Waals surface area contributed by atoms with Crippen molar-refractivity contribution >= 4 is 38.3 Å². The summed E-state index contributed by atoms with van der Waals surface area (Å²) < 4.78 is 33.4. The molecule has 0 radical (unpaired) electrons. The number of carboxylic acids is 1. The van der Waals surface area contributed by atoms with Crippen molar-refractivity contribution in [2.45, 2.75) is 23.8 Å². The Morgan fingerprint density at radius 2 is 1.87 bits per heavy atom. The SMILES string of the molecule is COc1ccc(S(=O)(=O)Nc2cnc(N3CCC[C@@H]3C(=O)O)c3ccccc23)cc1. The van der Waals surface area contributed by atoms with Crippen LogP contribution in [0, 0.1) is 0 Å². The van der Waals surface area contributed by atoms with Crippen LogP contribution in [0.5, 0.6) is 5.75 Å². The summed E-state index contributed by atoms with van der Waals surface area (Å²) in [5.41, 5.74) is 0.330. The van der Waals surface area contributed by atoms with Crippen LogP contribution in [-0.4, -0.2) is 44.2 Å². The molecule has 0 spiro atoms. The normalized spacial score (nSPS) is 16.6. The van der Waals surface area contributed by atoms with Crippen molar-refractivity contribution in [3.63, 3.8) is 0 Å². The van der Waals surface area contributed by atoms with E-state index in [0.29, 0.717) is 41.0 Å². The van der Waals surface area contributed by atoms with E-state index in [1.165, 1.54) is 25.4 Å². The summed E-state index contributed by atoms with van der Waals surface area (Å²) in [6.45, 7) is 0.588. The van der Waals surface area contributed by atoms with Gasteiger partial charge in [0.15, 0.2) is 0 Å². The Morgan fingerprint density at radius 3 is 2.53 bits per heavy atom. The predicted molar refractivity (Wildman–Crippen MR) is 114 cm³/mol. The van der Waals surface area contributed by atoms with Crippen LogP contribution in [0.4, 0.5) is 11.5 Å². The number of sulfonamides is 1. The number of aromatic nitrogens is 1. The van der Waals surface area contributed by atoms with Crippen molar-refractivity contribution in [3.05, 3.63) is 54.7 Å². The van der Waals surface area contributed by atoms with Crippen molar-refractivity contribution in [1.82, 2.24) is 4.98 Å². The minimum Gasteiger partial charge on any atom is -0.497 e. The lowest BCUT2D eigenvalue weighted by molar-refractivity contribution is -0.138. The lowest BCUT2D eigenvalue weighted by Crippen LogP contribution is -2.36. The van der Waals surface area contributed by atoms with Crippen molar-refractivity contribution in [2.24, 2.45) is 0 Å². The molecule has 0 bridgehead atoms. The molecule has 30 heavy (non-hydrogen) atoms. The molecular formula is C21H21N3O5S. The lowest BCUT2D eigenvalue weighted by atomic mass is 10.1. The van der Waals surface area contributed by atoms with E-state index < -0.39 is 22.0 Å². The van der Waals surface area contributed by atoms with Gasteiger partial charge in [-0.15, -0.1) is 0 Å². The highest BCUT2D eigenvalue weighted by atomic mass is 32.2. The first-order valence-corrected chi connectivity index (χ1v) is 10.9. The molecule has 2 N–H and O–H groups in total. The Balaban J connectivity index is 1.73. The van der Waals surface area contributed by atoms with Gasteiger partial charge in [-0.1, -0.05) is 24.3 Å². The number of rotatable bonds is 6. The Hall–Kier alpha value is -3.33. The molecule has 9 heteroatoms. The fourth-order valence-electron chi connectivity index (χ4n) is 3.72. The molecule has 156 valence electrons. The third-order valence-corrected chi connectivity index (χ3v) is 6.58. The Bertz CT molecular complexity index is 1190. The number of ether oxygens (including phenoxy) is 1. The van der Waals surface area contributed by atoms with E-state index in [1.807, 2.05) is 12.1 Å². The number of nitrogens with zero attached hydrogens (tertiary/aromatic N) is 2. The van der Waals surface area contributed by atoms with Crippen LogP contribution in [0.25, 0.3) is 10.8 Å². The maximum Gasteiger partial charge on any atom is 0.326 e. The first-order chi connectivity index (χ1) is 14.4. The number of aliphatic carboxylic acids is 1. The molecule has 1 saturated heterocycles. The number of anilines is 2. The third kappa shape index (κ3) is 3.63. The highest BCUT2D eigenvalue weighted by Crippen LogP contribution is 2.34. The summed E-state index contributed by atoms with van der Waals surface area (Å²) >= 11 is 0. The summed E-state index contributed by atoms with van der Waals surface area (Å²) in [6.07, 6.45) is 2.76. The summed E-state index contributed by atoms with van der Waals surface area (Å²) in [6, 6.07) is 12.7. The smallest absolute Gasteiger partial charge is 0.326 e. The number of hydrogen-bond donors (Lipinski definition) is 2. The van der Waals surface area contributed by atoms with Crippen molar-refractivity contribution in [2.75, 3.05) is 23.3 Å². The highest BCUT2D eigenvalue weighted by molar-refractivity contribution is 7.92. The van der Waals surface area contributed by atoms with Gasteiger partial charge in [0.25, 0.3) is 10.0 Å². The fourth-order valence-corrected chi connectivity index (χ4v) is 4.79. The van der Waals surface area contributed by atoms with Gasteiger partial charge in [-0.05, 0) is 37.1 Å². The van der Waals surface area contributed by atoms with E-state index >= 15 is 0 Å². The van der Waals surface area contributed by atoms with Crippen LogP contribution < -0.4 is 14.4 Å². The van der Waals surface area contributed by atoms with E-state index in [4.69, 9.17) is 4.74 Å². The van der Waals surface area contributed by atoms with E-state index in [1.54, 1.807) is 29.2 Å². The van der Waals surface area contributed by atoms with Gasteiger partial charge in [0.2, 0.25) is 0 Å². The van der Waals surface area contributed by atoms with Gasteiger partial charge in [0.1, 0.15) is 17.6 Å². The number of fused-ring (bicyclic) bond motifs is 1. The molecule has 0 unspecified atom stereocenters. The summed E-state index contributed by atoms with van der Waals surface area (Å²) in [7, 11) is -2.33. The maximum atomic E-state index is 12.9. The van der Waals surface area contributed by atoms with E-state index in [2.05, 4.69) is 9.71 Å². The maximum absolute atomic E-state index is 12.9. The third-order valence-electron chi connectivity index (χ3n) is 5.20. The second kappa shape index (κ2) is 7.83. The molecule has 1 aliphatic rings. The molecule has 4 rings (SSSR count). The topological polar surface area (TPSA) is 109 Å². The number of nitrogens with one attached hydrogen (secondary N) is 1. The second-order valence-electron chi connectivity index (χ2n) is 7.01. The molecule has 2 heterocycles. The molecule has 8 nitrogen and oxygen atoms in total. The molecule has 1 aliphatic heterocycles. The van der Waals surface area contributed by atoms with Crippen molar-refractivity contribution < 1.29 is 23.1 Å². The molecule has 0 saturated carbocycles. The Morgan fingerprint density at radius 1 is 1.17 bits per heavy atom. The summed E-state index contributed by atoms with van der Waals surface area (Å²) in [5.74, 6) is 0.217. The van der Waals surface area contributed by atoms with Crippen molar-refractivity contribution in [1.29, 1.82) is 0 Å². The lowest BCUT2D eigenvalue weighted by Gasteiger charge is -2.24. The average Bonchev–Trinajstić information content (AvgIpc) is 3.24. The zero-order valence-electron chi connectivity index (χ0n) is 16.3. The molecular weight excluding hydrogens is 406 g/mol. The highest BCUT2D eigenvalue weighted by Gasteiger charge is 2.32. The van der Waals surface area contributed by atoms with Gasteiger partial charge in [-0.25, -0.2) is 18.2 Å². The van der Waals surface area contributed by atoms with Gasteiger partial charge in [0, 0.05) is 17.3 Å². The minimum absolute atomic E-state index is 0.0990. The van der Waals surface area contributed by atoms with Gasteiger partial charge in [-0.3, -0.25) is 4.72 Å². The van der Waals surface area contributed by atoms with Gasteiger partial charge in [-0.2, -0.15) is 0 Å². The van der Waals surface area contributed by atoms with Crippen molar-refractivity contribution in [3.8, 4) is 5.75 Å². The monoisotopic (exact) mass is 427 g/mol. The van der Waals surface area contributed by atoms with E-state index in [9.17, 15) is 18.3 Å². The van der Waals surface area contributed by atoms with E-state index in [-0.39, 0.29) is 4.90 Å². The molecule has 1 aromatic heterocycles. The first kappa shape index (κ1) is 20.0. The quantitative estimate of drug-likeness (QED) is 0.622. The van der Waals surface area contributed by atoms with E-state index in [0.717, 1.165) is 6.42 Å². The van der Waals surface area contributed by atoms with Gasteiger partial charge in [0.05, 0.1) is 23.9 Å². The second-order valence-corrected chi connectivity index (χ2v) is 8.69. The Kier molecular flexibility index (Phi) is 5.21. The summed E-state index contributed by atoms with van der Waals surface area (Å²) in [5, 5.41) is 10.9. The van der Waals surface area contributed by atoms with Gasteiger partial charge < -0.3 is 14.7 Å². The van der Waals surface area contributed by atoms with Gasteiger partial charge >= 0.3 is 5.97 Å². The Labute approximate surface area is 174 Å². The predicted octanol–water partition coefficient (Wildman–Crippen LogP) is 3.10. The number of hydrogen-bond acceptors (Lipinski definition) is 6. The summed E-state index contributed by atoms with van der Waals surface area (Å²) in [4.78, 5) is 17.9. The van der Waals surface area contributed by atoms with Crippen LogP contribution in [0.15, 0.2) is 59.6 Å². The number of benzene rings is 2. The zero-order chi connectivity index (χ0) is 21.3. The fraction of sp³-hybridized carbons (Fsp3) is 0.238.